The van der Waals surface area contributed by atoms with Crippen LogP contribution >= 0.6 is 0 Å². The van der Waals surface area contributed by atoms with Crippen molar-refractivity contribution >= 4 is 34.5 Å². The van der Waals surface area contributed by atoms with Crippen LogP contribution in [0.25, 0.3) is 11.1 Å². The standard InChI is InChI=1S/C30H14F15N5/c31-26(32,33)12-13-3-4-15(47-13)23(28(37,38)39)17-7-8-19(49-17)25(30(43,44)45)21-10-9-20(50-21)24(29(40,41)42)18-6-5-16(48-18)22(27(34,35)36)14-2-1-11-46-14/h1-11,48H,12H2/b22-14+,23-15-,24-20+,25-19+. The fourth-order valence-electron chi connectivity index (χ4n) is 4.98. The van der Waals surface area contributed by atoms with Crippen molar-refractivity contribution < 1.29 is 65.9 Å². The molecule has 0 bridgehead atoms. The number of aliphatic imine (C=N–C) groups is 4. The molecule has 20 heteroatoms. The van der Waals surface area contributed by atoms with Crippen LogP contribution in [-0.2, 0) is 0 Å². The van der Waals surface area contributed by atoms with Crippen molar-refractivity contribution in [3.63, 3.8) is 0 Å². The minimum Gasteiger partial charge on any atom is -0.354 e. The number of halogens is 15. The van der Waals surface area contributed by atoms with Crippen LogP contribution in [0.2, 0.25) is 0 Å². The van der Waals surface area contributed by atoms with E-state index >= 15 is 0 Å². The highest BCUT2D eigenvalue weighted by atomic mass is 19.4. The smallest absolute Gasteiger partial charge is 0.354 e. The number of rotatable bonds is 5. The van der Waals surface area contributed by atoms with Gasteiger partial charge in [-0.3, -0.25) is 9.98 Å². The number of alkyl halides is 15. The normalized spacial score (nSPS) is 22.1. The van der Waals surface area contributed by atoms with Gasteiger partial charge in [-0.1, -0.05) is 0 Å². The molecule has 5 heterocycles. The van der Waals surface area contributed by atoms with Crippen LogP contribution in [0, 0.1) is 0 Å². The monoisotopic (exact) mass is 729 g/mol. The quantitative estimate of drug-likeness (QED) is 0.294. The Balaban J connectivity index is 1.61. The van der Waals surface area contributed by atoms with Crippen molar-refractivity contribution in [3.05, 3.63) is 106 Å². The van der Waals surface area contributed by atoms with E-state index in [1.165, 1.54) is 0 Å². The molecule has 50 heavy (non-hydrogen) atoms. The Hall–Kier alpha value is -5.17. The van der Waals surface area contributed by atoms with E-state index in [0.29, 0.717) is 48.6 Å². The van der Waals surface area contributed by atoms with Gasteiger partial charge in [0.15, 0.2) is 0 Å². The molecule has 1 N–H and O–H groups in total. The number of hydrogen-bond acceptors (Lipinski definition) is 4. The molecular weight excluding hydrogens is 715 g/mol. The molecule has 0 fully saturated rings. The fraction of sp³-hybridized carbons (Fsp3) is 0.200. The summed E-state index contributed by atoms with van der Waals surface area (Å²) in [7, 11) is 0. The van der Waals surface area contributed by atoms with Crippen LogP contribution in [0.15, 0.2) is 115 Å². The Morgan fingerprint density at radius 2 is 0.900 bits per heavy atom. The van der Waals surface area contributed by atoms with E-state index in [1.807, 2.05) is 4.98 Å². The van der Waals surface area contributed by atoms with E-state index < -0.39 is 111 Å². The van der Waals surface area contributed by atoms with Gasteiger partial charge in [-0.15, -0.1) is 0 Å². The number of allylic oxidation sites excluding steroid dienone is 12. The van der Waals surface area contributed by atoms with E-state index in [-0.39, 0.29) is 0 Å². The Morgan fingerprint density at radius 3 is 1.32 bits per heavy atom. The second-order valence-electron chi connectivity index (χ2n) is 10.3. The highest BCUT2D eigenvalue weighted by molar-refractivity contribution is 6.17. The molecule has 1 aromatic rings. The van der Waals surface area contributed by atoms with Gasteiger partial charge < -0.3 is 4.98 Å². The number of aromatic nitrogens is 1. The maximum atomic E-state index is 14.3. The molecule has 0 atom stereocenters. The summed E-state index contributed by atoms with van der Waals surface area (Å²) in [6, 6.07) is 1.24. The second-order valence-corrected chi connectivity index (χ2v) is 10.3. The van der Waals surface area contributed by atoms with E-state index in [2.05, 4.69) is 20.0 Å². The summed E-state index contributed by atoms with van der Waals surface area (Å²) in [5.41, 5.74) is -16.2. The summed E-state index contributed by atoms with van der Waals surface area (Å²) in [4.78, 5) is 15.5. The van der Waals surface area contributed by atoms with Gasteiger partial charge in [0.05, 0.1) is 57.7 Å². The number of nitrogens with one attached hydrogen (secondary N) is 1. The molecule has 0 aliphatic carbocycles. The summed E-state index contributed by atoms with van der Waals surface area (Å²) < 4.78 is 207. The second kappa shape index (κ2) is 12.3. The molecule has 4 aliphatic heterocycles. The predicted octanol–water partition coefficient (Wildman–Crippen LogP) is 9.82. The van der Waals surface area contributed by atoms with E-state index in [0.717, 1.165) is 18.4 Å². The molecule has 5 rings (SSSR count). The maximum Gasteiger partial charge on any atom is 0.420 e. The Kier molecular flexibility index (Phi) is 8.89. The summed E-state index contributed by atoms with van der Waals surface area (Å²) in [6.07, 6.45) is -21.9. The maximum absolute atomic E-state index is 14.3. The Labute approximate surface area is 269 Å². The van der Waals surface area contributed by atoms with E-state index in [4.69, 9.17) is 0 Å². The van der Waals surface area contributed by atoms with Gasteiger partial charge in [0.2, 0.25) is 0 Å². The summed E-state index contributed by atoms with van der Waals surface area (Å²) in [5.74, 6) is 0. The minimum atomic E-state index is -5.50. The van der Waals surface area contributed by atoms with E-state index in [1.54, 1.807) is 0 Å². The SMILES string of the molecule is FC(F)(F)CC1=N/C(=C(C2=N/C(=C(C3=N/C(=C(\c4ccc(/C(=C5/C=CC=N5)C(F)(F)F)[nH]4)C(F)(F)F)C=C3)/C(F)(F)F)C=C2)\C(F)(F)F)C=C1. The van der Waals surface area contributed by atoms with Crippen molar-refractivity contribution in [3.8, 4) is 0 Å². The number of nitrogens with zero attached hydrogens (tertiary/aromatic N) is 4. The molecule has 0 unspecified atom stereocenters. The van der Waals surface area contributed by atoms with Gasteiger partial charge in [0.25, 0.3) is 0 Å². The summed E-state index contributed by atoms with van der Waals surface area (Å²) in [5, 5.41) is 0. The fourth-order valence-corrected chi connectivity index (χ4v) is 4.98. The average Bonchev–Trinajstić information content (AvgIpc) is 3.74. The predicted molar refractivity (Wildman–Crippen MR) is 151 cm³/mol. The summed E-state index contributed by atoms with van der Waals surface area (Å²) in [6.45, 7) is 0. The lowest BCUT2D eigenvalue weighted by atomic mass is 10.1. The Bertz CT molecular complexity index is 1970. The summed E-state index contributed by atoms with van der Waals surface area (Å²) >= 11 is 0. The third-order valence-corrected chi connectivity index (χ3v) is 6.81. The third kappa shape index (κ3) is 7.67. The van der Waals surface area contributed by atoms with Crippen LogP contribution in [0.4, 0.5) is 65.9 Å². The molecule has 5 nitrogen and oxygen atoms in total. The molecule has 0 aromatic carbocycles. The molecule has 0 amide bonds. The van der Waals surface area contributed by atoms with Crippen LogP contribution in [0.1, 0.15) is 17.8 Å². The van der Waals surface area contributed by atoms with Crippen LogP contribution < -0.4 is 0 Å². The molecule has 0 saturated carbocycles. The first-order chi connectivity index (χ1) is 22.9. The van der Waals surface area contributed by atoms with Gasteiger partial charge >= 0.3 is 30.9 Å². The molecule has 4 aliphatic rings. The van der Waals surface area contributed by atoms with Crippen molar-refractivity contribution in [2.45, 2.75) is 37.3 Å². The molecule has 1 aromatic heterocycles. The first-order valence-corrected chi connectivity index (χ1v) is 13.5. The van der Waals surface area contributed by atoms with Crippen molar-refractivity contribution in [1.82, 2.24) is 4.98 Å². The van der Waals surface area contributed by atoms with Gasteiger partial charge in [0, 0.05) is 6.21 Å². The first kappa shape index (κ1) is 36.1. The minimum absolute atomic E-state index is 0.440. The molecule has 0 saturated heterocycles. The topological polar surface area (TPSA) is 65.2 Å². The van der Waals surface area contributed by atoms with Gasteiger partial charge in [-0.05, 0) is 60.7 Å². The number of aromatic amines is 1. The number of hydrogen-bond donors (Lipinski definition) is 1. The first-order valence-electron chi connectivity index (χ1n) is 13.5. The average molecular weight is 729 g/mol. The zero-order valence-electron chi connectivity index (χ0n) is 24.0. The Morgan fingerprint density at radius 1 is 0.480 bits per heavy atom. The van der Waals surface area contributed by atoms with Gasteiger partial charge in [0.1, 0.15) is 22.3 Å². The lowest BCUT2D eigenvalue weighted by molar-refractivity contribution is -0.121. The van der Waals surface area contributed by atoms with Crippen molar-refractivity contribution in [2.24, 2.45) is 20.0 Å². The van der Waals surface area contributed by atoms with Crippen LogP contribution in [-0.4, -0.2) is 59.2 Å². The van der Waals surface area contributed by atoms with Crippen molar-refractivity contribution in [2.75, 3.05) is 0 Å². The van der Waals surface area contributed by atoms with Gasteiger partial charge in [-0.2, -0.15) is 65.9 Å². The largest absolute Gasteiger partial charge is 0.420 e. The highest BCUT2D eigenvalue weighted by Gasteiger charge is 2.46. The van der Waals surface area contributed by atoms with Crippen molar-refractivity contribution in [1.29, 1.82) is 0 Å². The molecule has 264 valence electrons. The zero-order chi connectivity index (χ0) is 37.0. The van der Waals surface area contributed by atoms with Crippen LogP contribution in [0.3, 0.4) is 0 Å². The molecular formula is C30H14F15N5. The van der Waals surface area contributed by atoms with Gasteiger partial charge in [-0.25, -0.2) is 9.98 Å². The zero-order valence-corrected chi connectivity index (χ0v) is 24.0. The van der Waals surface area contributed by atoms with Crippen LogP contribution in [0.5, 0.6) is 0 Å². The number of H-pyrrole nitrogens is 1. The lowest BCUT2D eigenvalue weighted by Gasteiger charge is -2.14. The molecule has 0 spiro atoms. The highest BCUT2D eigenvalue weighted by Crippen LogP contribution is 2.44. The third-order valence-electron chi connectivity index (χ3n) is 6.81. The molecule has 0 radical (unpaired) electrons. The van der Waals surface area contributed by atoms with E-state index in [9.17, 15) is 65.9 Å². The lowest BCUT2D eigenvalue weighted by Crippen LogP contribution is -2.21.